The third kappa shape index (κ3) is 2.72. The van der Waals surface area contributed by atoms with E-state index in [2.05, 4.69) is 10.5 Å². The number of hydrogen-bond donors (Lipinski definition) is 1. The summed E-state index contributed by atoms with van der Waals surface area (Å²) in [4.78, 5) is 17.6. The van der Waals surface area contributed by atoms with Crippen LogP contribution in [0.4, 0.5) is 4.39 Å². The molecule has 0 saturated carbocycles. The van der Waals surface area contributed by atoms with Gasteiger partial charge >= 0.3 is 0 Å². The largest absolute Gasteiger partial charge is 0.467 e. The van der Waals surface area contributed by atoms with E-state index in [0.717, 1.165) is 0 Å². The Labute approximate surface area is 126 Å². The highest BCUT2D eigenvalue weighted by Gasteiger charge is 2.42. The van der Waals surface area contributed by atoms with E-state index in [0.29, 0.717) is 17.0 Å². The first kappa shape index (κ1) is 14.3. The maximum Gasteiger partial charge on any atom is 0.267 e. The lowest BCUT2D eigenvalue weighted by atomic mass is 9.95. The molecule has 0 saturated heterocycles. The van der Waals surface area contributed by atoms with Crippen molar-refractivity contribution >= 4 is 11.6 Å². The fraction of sp³-hybridized carbons (Fsp3) is 0.250. The number of carbonyl (C=O) groups excluding carboxylic acids is 1. The second kappa shape index (κ2) is 5.63. The molecule has 2 aromatic rings. The minimum atomic E-state index is -1.15. The molecule has 0 fully saturated rings. The minimum absolute atomic E-state index is 0.206. The monoisotopic (exact) mass is 302 g/mol. The number of carbonyl (C=O) groups is 1. The van der Waals surface area contributed by atoms with Crippen LogP contribution in [0, 0.1) is 5.82 Å². The first-order chi connectivity index (χ1) is 10.6. The Morgan fingerprint density at radius 2 is 2.18 bits per heavy atom. The molecular formula is C16H15FN2O3. The molecule has 1 N–H and O–H groups in total. The van der Waals surface area contributed by atoms with Gasteiger partial charge in [-0.25, -0.2) is 4.39 Å². The fourth-order valence-electron chi connectivity index (χ4n) is 2.27. The molecule has 0 radical (unpaired) electrons. The third-order valence-corrected chi connectivity index (χ3v) is 3.53. The van der Waals surface area contributed by atoms with Gasteiger partial charge in [0.05, 0.1) is 18.5 Å². The highest BCUT2D eigenvalue weighted by molar-refractivity contribution is 6.05. The molecular weight excluding hydrogens is 287 g/mol. The third-order valence-electron chi connectivity index (χ3n) is 3.53. The normalized spacial score (nSPS) is 20.4. The lowest BCUT2D eigenvalue weighted by Crippen LogP contribution is -2.44. The number of furan rings is 1. The van der Waals surface area contributed by atoms with Crippen LogP contribution in [-0.2, 0) is 16.2 Å². The summed E-state index contributed by atoms with van der Waals surface area (Å²) in [6.07, 6.45) is 1.74. The average Bonchev–Trinajstić information content (AvgIpc) is 3.16. The van der Waals surface area contributed by atoms with Gasteiger partial charge in [0.25, 0.3) is 5.91 Å². The van der Waals surface area contributed by atoms with Crippen LogP contribution in [0.1, 0.15) is 24.7 Å². The Bertz CT molecular complexity index is 712. The zero-order valence-corrected chi connectivity index (χ0v) is 12.0. The van der Waals surface area contributed by atoms with Crippen molar-refractivity contribution in [2.45, 2.75) is 25.5 Å². The summed E-state index contributed by atoms with van der Waals surface area (Å²) in [7, 11) is 0. The van der Waals surface area contributed by atoms with Crippen LogP contribution in [0.5, 0.6) is 0 Å². The van der Waals surface area contributed by atoms with E-state index in [1.165, 1.54) is 12.3 Å². The van der Waals surface area contributed by atoms with Crippen LogP contribution in [0.3, 0.4) is 0 Å². The molecule has 2 heterocycles. The molecule has 0 spiro atoms. The lowest BCUT2D eigenvalue weighted by Gasteiger charge is -2.20. The van der Waals surface area contributed by atoms with Crippen LogP contribution in [0.2, 0.25) is 0 Å². The molecule has 0 aliphatic carbocycles. The molecule has 3 rings (SSSR count). The van der Waals surface area contributed by atoms with Crippen molar-refractivity contribution in [3.63, 3.8) is 0 Å². The molecule has 5 nitrogen and oxygen atoms in total. The van der Waals surface area contributed by atoms with Crippen molar-refractivity contribution in [3.05, 3.63) is 59.8 Å². The standard InChI is InChI=1S/C16H15FN2O3/c1-16(15(20)18-10-11-5-4-8-21-11)9-14(19-22-16)12-6-2-3-7-13(12)17/h2-8H,9-10H2,1H3,(H,18,20). The highest BCUT2D eigenvalue weighted by atomic mass is 19.1. The van der Waals surface area contributed by atoms with E-state index >= 15 is 0 Å². The highest BCUT2D eigenvalue weighted by Crippen LogP contribution is 2.27. The maximum absolute atomic E-state index is 13.8. The quantitative estimate of drug-likeness (QED) is 0.944. The van der Waals surface area contributed by atoms with Crippen molar-refractivity contribution in [3.8, 4) is 0 Å². The summed E-state index contributed by atoms with van der Waals surface area (Å²) in [5.74, 6) is -0.0609. The van der Waals surface area contributed by atoms with Gasteiger partial charge in [0.1, 0.15) is 11.6 Å². The second-order valence-electron chi connectivity index (χ2n) is 5.28. The summed E-state index contributed by atoms with van der Waals surface area (Å²) < 4.78 is 18.9. The first-order valence-electron chi connectivity index (χ1n) is 6.89. The van der Waals surface area contributed by atoms with Crippen molar-refractivity contribution in [1.29, 1.82) is 0 Å². The predicted molar refractivity (Wildman–Crippen MR) is 77.6 cm³/mol. The van der Waals surface area contributed by atoms with Crippen molar-refractivity contribution in [2.75, 3.05) is 0 Å². The number of halogens is 1. The Balaban J connectivity index is 1.66. The summed E-state index contributed by atoms with van der Waals surface area (Å²) in [6, 6.07) is 9.79. The fourth-order valence-corrected chi connectivity index (χ4v) is 2.27. The van der Waals surface area contributed by atoms with Crippen LogP contribution in [-0.4, -0.2) is 17.2 Å². The number of amides is 1. The predicted octanol–water partition coefficient (Wildman–Crippen LogP) is 2.62. The van der Waals surface area contributed by atoms with Gasteiger partial charge in [-0.05, 0) is 25.1 Å². The van der Waals surface area contributed by atoms with E-state index in [-0.39, 0.29) is 24.7 Å². The van der Waals surface area contributed by atoms with E-state index in [1.807, 2.05) is 0 Å². The summed E-state index contributed by atoms with van der Waals surface area (Å²) in [5, 5.41) is 6.61. The van der Waals surface area contributed by atoms with Gasteiger partial charge < -0.3 is 14.6 Å². The van der Waals surface area contributed by atoms with Crippen molar-refractivity contribution in [1.82, 2.24) is 5.32 Å². The van der Waals surface area contributed by atoms with E-state index in [1.54, 1.807) is 37.3 Å². The van der Waals surface area contributed by atoms with E-state index < -0.39 is 5.60 Å². The Kier molecular flexibility index (Phi) is 3.66. The van der Waals surface area contributed by atoms with Gasteiger partial charge in [-0.15, -0.1) is 0 Å². The Morgan fingerprint density at radius 1 is 1.36 bits per heavy atom. The Hall–Kier alpha value is -2.63. The van der Waals surface area contributed by atoms with Gasteiger partial charge in [-0.1, -0.05) is 23.4 Å². The minimum Gasteiger partial charge on any atom is -0.467 e. The zero-order chi connectivity index (χ0) is 15.6. The molecule has 1 aliphatic rings. The van der Waals surface area contributed by atoms with E-state index in [9.17, 15) is 9.18 Å². The van der Waals surface area contributed by atoms with Gasteiger partial charge in [0.2, 0.25) is 5.60 Å². The lowest BCUT2D eigenvalue weighted by molar-refractivity contribution is -0.141. The second-order valence-corrected chi connectivity index (χ2v) is 5.28. The zero-order valence-electron chi connectivity index (χ0n) is 12.0. The van der Waals surface area contributed by atoms with E-state index in [4.69, 9.17) is 9.25 Å². The van der Waals surface area contributed by atoms with Gasteiger partial charge in [-0.3, -0.25) is 4.79 Å². The van der Waals surface area contributed by atoms with Crippen LogP contribution in [0.25, 0.3) is 0 Å². The van der Waals surface area contributed by atoms with Crippen molar-refractivity contribution in [2.24, 2.45) is 5.16 Å². The average molecular weight is 302 g/mol. The molecule has 0 bridgehead atoms. The first-order valence-corrected chi connectivity index (χ1v) is 6.89. The van der Waals surface area contributed by atoms with Crippen molar-refractivity contribution < 1.29 is 18.4 Å². The number of hydrogen-bond acceptors (Lipinski definition) is 4. The Morgan fingerprint density at radius 3 is 2.91 bits per heavy atom. The van der Waals surface area contributed by atoms with Gasteiger partial charge in [0.15, 0.2) is 0 Å². The molecule has 1 aromatic heterocycles. The molecule has 1 aromatic carbocycles. The smallest absolute Gasteiger partial charge is 0.267 e. The topological polar surface area (TPSA) is 63.8 Å². The number of rotatable bonds is 4. The van der Waals surface area contributed by atoms with Crippen LogP contribution >= 0.6 is 0 Å². The molecule has 22 heavy (non-hydrogen) atoms. The number of benzene rings is 1. The SMILES string of the molecule is CC1(C(=O)NCc2ccco2)CC(c2ccccc2F)=NO1. The number of nitrogens with one attached hydrogen (secondary N) is 1. The van der Waals surface area contributed by atoms with Crippen LogP contribution in [0.15, 0.2) is 52.2 Å². The molecule has 1 amide bonds. The number of oxime groups is 1. The molecule has 6 heteroatoms. The van der Waals surface area contributed by atoms with Gasteiger partial charge in [0, 0.05) is 12.0 Å². The molecule has 1 atom stereocenters. The summed E-state index contributed by atoms with van der Waals surface area (Å²) >= 11 is 0. The maximum atomic E-state index is 13.8. The summed E-state index contributed by atoms with van der Waals surface area (Å²) in [5.41, 5.74) is -0.372. The number of nitrogens with zero attached hydrogens (tertiary/aromatic N) is 1. The van der Waals surface area contributed by atoms with Crippen LogP contribution < -0.4 is 5.32 Å². The molecule has 1 unspecified atom stereocenters. The van der Waals surface area contributed by atoms with Gasteiger partial charge in [-0.2, -0.15) is 0 Å². The summed E-state index contributed by atoms with van der Waals surface area (Å²) in [6.45, 7) is 1.89. The molecule has 1 aliphatic heterocycles. The molecule has 114 valence electrons.